The number of furan rings is 1. The second kappa shape index (κ2) is 10.8. The maximum absolute atomic E-state index is 12.9. The number of hydrogen-bond acceptors (Lipinski definition) is 4. The monoisotopic (exact) mass is 416 g/mol. The summed E-state index contributed by atoms with van der Waals surface area (Å²) in [6.45, 7) is 4.81. The number of carbonyl (C=O) groups excluding carboxylic acids is 1. The molecule has 1 amide bonds. The Kier molecular flexibility index (Phi) is 7.67. The third kappa shape index (κ3) is 6.00. The van der Waals surface area contributed by atoms with E-state index in [0.717, 1.165) is 83.2 Å². The van der Waals surface area contributed by atoms with Gasteiger partial charge >= 0.3 is 0 Å². The summed E-state index contributed by atoms with van der Waals surface area (Å²) in [5.74, 6) is 2.93. The Bertz CT molecular complexity index is 679. The second-order valence-electron chi connectivity index (χ2n) is 8.92. The normalized spacial score (nSPS) is 25.6. The average Bonchev–Trinajstić information content (AvgIpc) is 3.55. The summed E-state index contributed by atoms with van der Waals surface area (Å²) < 4.78 is 10.9. The topological polar surface area (TPSA) is 79.1 Å². The van der Waals surface area contributed by atoms with Gasteiger partial charge in [0.25, 0.3) is 0 Å². The maximum Gasteiger partial charge on any atom is 0.225 e. The van der Waals surface area contributed by atoms with Gasteiger partial charge in [0.1, 0.15) is 5.76 Å². The molecule has 2 N–H and O–H groups in total. The van der Waals surface area contributed by atoms with Gasteiger partial charge in [-0.15, -0.1) is 0 Å². The van der Waals surface area contributed by atoms with Gasteiger partial charge in [0.05, 0.1) is 12.9 Å². The quantitative estimate of drug-likeness (QED) is 0.528. The number of carbonyl (C=O) groups is 1. The summed E-state index contributed by atoms with van der Waals surface area (Å²) in [6, 6.07) is 4.17. The summed E-state index contributed by atoms with van der Waals surface area (Å²) in [7, 11) is 0. The molecule has 2 atom stereocenters. The highest BCUT2D eigenvalue weighted by atomic mass is 16.5. The molecule has 7 nitrogen and oxygen atoms in total. The van der Waals surface area contributed by atoms with E-state index in [1.807, 2.05) is 12.1 Å². The van der Waals surface area contributed by atoms with E-state index in [4.69, 9.17) is 14.1 Å². The van der Waals surface area contributed by atoms with Crippen LogP contribution in [0.5, 0.6) is 0 Å². The average molecular weight is 417 g/mol. The predicted octanol–water partition coefficient (Wildman–Crippen LogP) is 2.58. The van der Waals surface area contributed by atoms with E-state index in [1.54, 1.807) is 6.26 Å². The molecule has 3 aliphatic rings. The van der Waals surface area contributed by atoms with Gasteiger partial charge in [-0.05, 0) is 37.8 Å². The molecule has 1 aromatic heterocycles. The minimum absolute atomic E-state index is 0.249. The maximum atomic E-state index is 12.9. The smallest absolute Gasteiger partial charge is 0.225 e. The van der Waals surface area contributed by atoms with Crippen LogP contribution in [-0.2, 0) is 16.0 Å². The van der Waals surface area contributed by atoms with Crippen LogP contribution in [0.3, 0.4) is 0 Å². The zero-order valence-corrected chi connectivity index (χ0v) is 18.0. The van der Waals surface area contributed by atoms with E-state index < -0.39 is 0 Å². The minimum atomic E-state index is 0.249. The molecule has 30 heavy (non-hydrogen) atoms. The summed E-state index contributed by atoms with van der Waals surface area (Å²) >= 11 is 0. The Labute approximate surface area is 179 Å². The number of ether oxygens (including phenoxy) is 1. The van der Waals surface area contributed by atoms with Crippen molar-refractivity contribution in [3.05, 3.63) is 24.2 Å². The van der Waals surface area contributed by atoms with Crippen LogP contribution in [0.2, 0.25) is 0 Å². The minimum Gasteiger partial charge on any atom is -0.469 e. The van der Waals surface area contributed by atoms with Gasteiger partial charge in [-0.25, -0.2) is 0 Å². The van der Waals surface area contributed by atoms with Crippen LogP contribution in [0.15, 0.2) is 27.8 Å². The first kappa shape index (κ1) is 21.2. The molecule has 1 aromatic rings. The van der Waals surface area contributed by atoms with Crippen molar-refractivity contribution in [1.29, 1.82) is 0 Å². The molecule has 7 heteroatoms. The number of hydrogen-bond donors (Lipinski definition) is 2. The van der Waals surface area contributed by atoms with Crippen LogP contribution in [-0.4, -0.2) is 62.2 Å². The van der Waals surface area contributed by atoms with Gasteiger partial charge in [-0.1, -0.05) is 19.3 Å². The lowest BCUT2D eigenvalue weighted by Crippen LogP contribution is -2.46. The fraction of sp³-hybridized carbons (Fsp3) is 0.739. The lowest BCUT2D eigenvalue weighted by molar-refractivity contribution is -0.135. The molecule has 0 spiro atoms. The fourth-order valence-electron chi connectivity index (χ4n) is 4.74. The summed E-state index contributed by atoms with van der Waals surface area (Å²) in [4.78, 5) is 19.8. The van der Waals surface area contributed by atoms with Gasteiger partial charge in [0, 0.05) is 57.1 Å². The molecule has 3 heterocycles. The first-order valence-electron chi connectivity index (χ1n) is 11.7. The van der Waals surface area contributed by atoms with Crippen molar-refractivity contribution in [2.24, 2.45) is 16.8 Å². The molecule has 1 aliphatic carbocycles. The molecule has 0 radical (unpaired) electrons. The molecular formula is C23H36N4O3. The van der Waals surface area contributed by atoms with Crippen LogP contribution in [0.25, 0.3) is 0 Å². The number of likely N-dealkylation sites (tertiary alicyclic amines) is 1. The molecule has 1 saturated carbocycles. The van der Waals surface area contributed by atoms with Crippen molar-refractivity contribution >= 4 is 11.9 Å². The zero-order chi connectivity index (χ0) is 20.6. The Balaban J connectivity index is 1.28. The largest absolute Gasteiger partial charge is 0.469 e. The van der Waals surface area contributed by atoms with Gasteiger partial charge in [0.15, 0.2) is 5.96 Å². The van der Waals surface area contributed by atoms with E-state index in [2.05, 4.69) is 15.5 Å². The molecule has 3 fully saturated rings. The highest BCUT2D eigenvalue weighted by Crippen LogP contribution is 2.26. The van der Waals surface area contributed by atoms with Crippen molar-refractivity contribution < 1.29 is 13.9 Å². The van der Waals surface area contributed by atoms with Crippen LogP contribution < -0.4 is 10.6 Å². The van der Waals surface area contributed by atoms with E-state index in [1.165, 1.54) is 19.3 Å². The summed E-state index contributed by atoms with van der Waals surface area (Å²) in [5.41, 5.74) is 0. The molecule has 4 rings (SSSR count). The van der Waals surface area contributed by atoms with Crippen LogP contribution in [0.4, 0.5) is 0 Å². The number of aliphatic imine (C=N–C) groups is 1. The second-order valence-corrected chi connectivity index (χ2v) is 8.92. The van der Waals surface area contributed by atoms with Crippen molar-refractivity contribution in [3.63, 3.8) is 0 Å². The van der Waals surface area contributed by atoms with Crippen LogP contribution >= 0.6 is 0 Å². The van der Waals surface area contributed by atoms with Gasteiger partial charge < -0.3 is 24.7 Å². The van der Waals surface area contributed by atoms with E-state index in [0.29, 0.717) is 11.8 Å². The van der Waals surface area contributed by atoms with E-state index in [9.17, 15) is 4.79 Å². The molecular weight excluding hydrogens is 380 g/mol. The Morgan fingerprint density at radius 2 is 2.10 bits per heavy atom. The number of nitrogens with one attached hydrogen (secondary N) is 2. The number of nitrogens with zero attached hydrogens (tertiary/aromatic N) is 2. The Morgan fingerprint density at radius 1 is 1.20 bits per heavy atom. The third-order valence-corrected chi connectivity index (χ3v) is 6.57. The zero-order valence-electron chi connectivity index (χ0n) is 18.0. The van der Waals surface area contributed by atoms with Crippen molar-refractivity contribution in [3.8, 4) is 0 Å². The van der Waals surface area contributed by atoms with E-state index >= 15 is 0 Å². The first-order chi connectivity index (χ1) is 14.8. The standard InChI is InChI=1S/C23H36N4O3/c28-22(19-5-2-1-3-6-19)27-12-9-20(16-27)26-23(25-15-18-10-14-29-17-18)24-11-8-21-7-4-13-30-21/h4,7,13,18-20H,1-3,5-6,8-12,14-17H2,(H2,24,25,26). The van der Waals surface area contributed by atoms with Crippen molar-refractivity contribution in [1.82, 2.24) is 15.5 Å². The first-order valence-corrected chi connectivity index (χ1v) is 11.7. The fourth-order valence-corrected chi connectivity index (χ4v) is 4.74. The highest BCUT2D eigenvalue weighted by Gasteiger charge is 2.31. The highest BCUT2D eigenvalue weighted by molar-refractivity contribution is 5.81. The third-order valence-electron chi connectivity index (χ3n) is 6.57. The van der Waals surface area contributed by atoms with Gasteiger partial charge in [0.2, 0.25) is 5.91 Å². The molecule has 0 aromatic carbocycles. The molecule has 2 saturated heterocycles. The number of amides is 1. The van der Waals surface area contributed by atoms with Crippen LogP contribution in [0, 0.1) is 11.8 Å². The van der Waals surface area contributed by atoms with Crippen LogP contribution in [0.1, 0.15) is 50.7 Å². The van der Waals surface area contributed by atoms with E-state index in [-0.39, 0.29) is 12.0 Å². The van der Waals surface area contributed by atoms with Crippen molar-refractivity contribution in [2.75, 3.05) is 39.4 Å². The Hall–Kier alpha value is -2.02. The summed E-state index contributed by atoms with van der Waals surface area (Å²) in [6.07, 6.45) is 10.4. The van der Waals surface area contributed by atoms with Crippen molar-refractivity contribution in [2.45, 2.75) is 57.4 Å². The van der Waals surface area contributed by atoms with Gasteiger partial charge in [-0.2, -0.15) is 0 Å². The number of rotatable bonds is 7. The van der Waals surface area contributed by atoms with Gasteiger partial charge in [-0.3, -0.25) is 9.79 Å². The number of guanidine groups is 1. The summed E-state index contributed by atoms with van der Waals surface area (Å²) in [5, 5.41) is 7.03. The predicted molar refractivity (Wildman–Crippen MR) is 116 cm³/mol. The molecule has 2 aliphatic heterocycles. The molecule has 0 bridgehead atoms. The Morgan fingerprint density at radius 3 is 2.87 bits per heavy atom. The lowest BCUT2D eigenvalue weighted by atomic mass is 9.88. The molecule has 166 valence electrons. The lowest BCUT2D eigenvalue weighted by Gasteiger charge is -2.26. The SMILES string of the molecule is O=C(C1CCCCC1)N1CCC(NC(=NCC2CCOC2)NCCc2ccco2)C1. The molecule has 2 unspecified atom stereocenters.